The van der Waals surface area contributed by atoms with Gasteiger partial charge in [0.2, 0.25) is 5.95 Å². The lowest BCUT2D eigenvalue weighted by Gasteiger charge is -2.38. The number of ketones is 1. The quantitative estimate of drug-likeness (QED) is 0.677. The third-order valence-corrected chi connectivity index (χ3v) is 5.61. The average Bonchev–Trinajstić information content (AvgIpc) is 3.15. The van der Waals surface area contributed by atoms with Crippen molar-refractivity contribution in [3.05, 3.63) is 41.4 Å². The molecular formula is C23H30N4O3. The van der Waals surface area contributed by atoms with E-state index in [9.17, 15) is 4.79 Å². The highest BCUT2D eigenvalue weighted by Crippen LogP contribution is 2.46. The van der Waals surface area contributed by atoms with Crippen molar-refractivity contribution >= 4 is 11.7 Å². The first-order valence-corrected chi connectivity index (χ1v) is 10.8. The number of fused-ring (bicyclic) bond motifs is 1. The number of allylic oxidation sites excluding steroid dienone is 2. The van der Waals surface area contributed by atoms with Crippen LogP contribution >= 0.6 is 0 Å². The van der Waals surface area contributed by atoms with Crippen molar-refractivity contribution < 1.29 is 14.3 Å². The van der Waals surface area contributed by atoms with Crippen molar-refractivity contribution in [1.29, 1.82) is 0 Å². The monoisotopic (exact) mass is 410 g/mol. The van der Waals surface area contributed by atoms with Crippen LogP contribution in [0.1, 0.15) is 65.0 Å². The first-order valence-electron chi connectivity index (χ1n) is 10.8. The van der Waals surface area contributed by atoms with Crippen LogP contribution in [0.2, 0.25) is 0 Å². The molecule has 1 N–H and O–H groups in total. The second kappa shape index (κ2) is 8.13. The molecule has 1 aromatic heterocycles. The van der Waals surface area contributed by atoms with Gasteiger partial charge in [0.1, 0.15) is 12.4 Å². The third kappa shape index (κ3) is 3.80. The summed E-state index contributed by atoms with van der Waals surface area (Å²) in [6, 6.07) is 5.59. The number of nitrogens with one attached hydrogen (secondary N) is 1. The molecule has 0 radical (unpaired) electrons. The summed E-state index contributed by atoms with van der Waals surface area (Å²) in [6.45, 7) is 9.53. The van der Waals surface area contributed by atoms with Crippen molar-refractivity contribution in [2.24, 2.45) is 5.41 Å². The summed E-state index contributed by atoms with van der Waals surface area (Å²) in [7, 11) is 0. The van der Waals surface area contributed by atoms with E-state index in [4.69, 9.17) is 9.47 Å². The standard InChI is InChI=1S/C23H30N4O3/c1-5-7-10-30-18-9-8-15(11-19(18)29-6-2)21-20-16(12-23(3,4)13-17(20)28)26-22-24-14-25-27(21)22/h8-9,11,14,21H,5-7,10,12-13H2,1-4H3,(H,24,25,26). The first-order chi connectivity index (χ1) is 14.4. The highest BCUT2D eigenvalue weighted by atomic mass is 16.5. The van der Waals surface area contributed by atoms with E-state index in [-0.39, 0.29) is 17.2 Å². The topological polar surface area (TPSA) is 78.3 Å². The second-order valence-electron chi connectivity index (χ2n) is 8.73. The molecule has 0 bridgehead atoms. The SMILES string of the molecule is CCCCOc1ccc(C2C3=C(CC(C)(C)CC3=O)Nc3ncnn32)cc1OCC. The maximum absolute atomic E-state index is 13.2. The van der Waals surface area contributed by atoms with Gasteiger partial charge in [-0.25, -0.2) is 4.68 Å². The molecule has 0 saturated carbocycles. The molecule has 0 saturated heterocycles. The van der Waals surface area contributed by atoms with Crippen molar-refractivity contribution in [3.8, 4) is 11.5 Å². The lowest BCUT2D eigenvalue weighted by Crippen LogP contribution is -2.36. The van der Waals surface area contributed by atoms with Crippen molar-refractivity contribution in [2.75, 3.05) is 18.5 Å². The molecular weight excluding hydrogens is 380 g/mol. The zero-order valence-electron chi connectivity index (χ0n) is 18.2. The summed E-state index contributed by atoms with van der Waals surface area (Å²) in [4.78, 5) is 17.6. The van der Waals surface area contributed by atoms with Gasteiger partial charge in [-0.3, -0.25) is 4.79 Å². The van der Waals surface area contributed by atoms with Gasteiger partial charge in [0, 0.05) is 17.7 Å². The third-order valence-electron chi connectivity index (χ3n) is 5.61. The van der Waals surface area contributed by atoms with Crippen molar-refractivity contribution in [2.45, 2.75) is 59.4 Å². The largest absolute Gasteiger partial charge is 0.490 e. The Morgan fingerprint density at radius 3 is 2.80 bits per heavy atom. The van der Waals surface area contributed by atoms with Crippen molar-refractivity contribution in [1.82, 2.24) is 14.8 Å². The van der Waals surface area contributed by atoms with Gasteiger partial charge in [-0.2, -0.15) is 10.1 Å². The highest BCUT2D eigenvalue weighted by molar-refractivity contribution is 6.00. The van der Waals surface area contributed by atoms with Crippen LogP contribution < -0.4 is 14.8 Å². The first kappa shape index (κ1) is 20.4. The minimum atomic E-state index is -0.328. The number of rotatable bonds is 7. The molecule has 1 atom stereocenters. The highest BCUT2D eigenvalue weighted by Gasteiger charge is 2.41. The number of unbranched alkanes of at least 4 members (excludes halogenated alkanes) is 1. The van der Waals surface area contributed by atoms with Crippen LogP contribution in [-0.2, 0) is 4.79 Å². The number of aromatic nitrogens is 3. The Morgan fingerprint density at radius 2 is 2.03 bits per heavy atom. The normalized spacial score (nSPS) is 19.7. The Bertz CT molecular complexity index is 977. The molecule has 4 rings (SSSR count). The molecule has 1 aromatic carbocycles. The molecule has 2 aromatic rings. The number of Topliss-reactive ketones (excluding diaryl/α,β-unsaturated/α-hetero) is 1. The summed E-state index contributed by atoms with van der Waals surface area (Å²) in [5.41, 5.74) is 2.58. The van der Waals surface area contributed by atoms with E-state index in [1.165, 1.54) is 6.33 Å². The zero-order valence-corrected chi connectivity index (χ0v) is 18.2. The molecule has 0 fully saturated rings. The Kier molecular flexibility index (Phi) is 5.54. The number of nitrogens with zero attached hydrogens (tertiary/aromatic N) is 3. The fourth-order valence-electron chi connectivity index (χ4n) is 4.27. The smallest absolute Gasteiger partial charge is 0.226 e. The molecule has 7 nitrogen and oxygen atoms in total. The molecule has 7 heteroatoms. The lowest BCUT2D eigenvalue weighted by atomic mass is 9.73. The van der Waals surface area contributed by atoms with Crippen LogP contribution in [0.25, 0.3) is 0 Å². The van der Waals surface area contributed by atoms with E-state index in [0.29, 0.717) is 31.3 Å². The fraction of sp³-hybridized carbons (Fsp3) is 0.522. The van der Waals surface area contributed by atoms with Gasteiger partial charge in [0.15, 0.2) is 17.3 Å². The number of carbonyl (C=O) groups is 1. The summed E-state index contributed by atoms with van der Waals surface area (Å²) < 4.78 is 13.6. The molecule has 1 unspecified atom stereocenters. The molecule has 2 aliphatic rings. The van der Waals surface area contributed by atoms with E-state index < -0.39 is 0 Å². The Morgan fingerprint density at radius 1 is 1.20 bits per heavy atom. The van der Waals surface area contributed by atoms with E-state index >= 15 is 0 Å². The van der Waals surface area contributed by atoms with Crippen LogP contribution in [0.15, 0.2) is 35.8 Å². The number of hydrogen-bond donors (Lipinski definition) is 1. The molecule has 0 amide bonds. The maximum Gasteiger partial charge on any atom is 0.226 e. The van der Waals surface area contributed by atoms with Gasteiger partial charge in [-0.15, -0.1) is 0 Å². The minimum Gasteiger partial charge on any atom is -0.490 e. The minimum absolute atomic E-state index is 0.0802. The van der Waals surface area contributed by atoms with Crippen LogP contribution in [0.3, 0.4) is 0 Å². The number of carbonyl (C=O) groups excluding carboxylic acids is 1. The molecule has 2 heterocycles. The average molecular weight is 411 g/mol. The Balaban J connectivity index is 1.77. The number of ether oxygens (including phenoxy) is 2. The lowest BCUT2D eigenvalue weighted by molar-refractivity contribution is -0.118. The van der Waals surface area contributed by atoms with Gasteiger partial charge < -0.3 is 14.8 Å². The predicted octanol–water partition coefficient (Wildman–Crippen LogP) is 4.51. The second-order valence-corrected chi connectivity index (χ2v) is 8.73. The van der Waals surface area contributed by atoms with Gasteiger partial charge in [0.05, 0.1) is 13.2 Å². The summed E-state index contributed by atoms with van der Waals surface area (Å²) in [5, 5.41) is 7.76. The van der Waals surface area contributed by atoms with Crippen LogP contribution in [0.4, 0.5) is 5.95 Å². The molecule has 0 spiro atoms. The number of benzene rings is 1. The van der Waals surface area contributed by atoms with Crippen LogP contribution in [-0.4, -0.2) is 33.8 Å². The van der Waals surface area contributed by atoms with E-state index in [0.717, 1.165) is 41.8 Å². The maximum atomic E-state index is 13.2. The molecule has 1 aliphatic carbocycles. The molecule has 160 valence electrons. The van der Waals surface area contributed by atoms with Gasteiger partial charge in [-0.05, 0) is 42.9 Å². The van der Waals surface area contributed by atoms with Gasteiger partial charge in [0.25, 0.3) is 0 Å². The van der Waals surface area contributed by atoms with Gasteiger partial charge >= 0.3 is 0 Å². The van der Waals surface area contributed by atoms with E-state index in [2.05, 4.69) is 36.2 Å². The van der Waals surface area contributed by atoms with Crippen LogP contribution in [0, 0.1) is 5.41 Å². The van der Waals surface area contributed by atoms with Gasteiger partial charge in [-0.1, -0.05) is 33.3 Å². The van der Waals surface area contributed by atoms with Crippen LogP contribution in [0.5, 0.6) is 11.5 Å². The summed E-state index contributed by atoms with van der Waals surface area (Å²) >= 11 is 0. The molecule has 30 heavy (non-hydrogen) atoms. The predicted molar refractivity (Wildman–Crippen MR) is 115 cm³/mol. The zero-order chi connectivity index (χ0) is 21.3. The van der Waals surface area contributed by atoms with Crippen molar-refractivity contribution in [3.63, 3.8) is 0 Å². The summed E-state index contributed by atoms with van der Waals surface area (Å²) in [6.07, 6.45) is 4.90. The number of anilines is 1. The van der Waals surface area contributed by atoms with E-state index in [1.54, 1.807) is 4.68 Å². The Hall–Kier alpha value is -2.83. The van der Waals surface area contributed by atoms with E-state index in [1.807, 2.05) is 25.1 Å². The Labute approximate surface area is 177 Å². The molecule has 1 aliphatic heterocycles. The number of hydrogen-bond acceptors (Lipinski definition) is 6. The fourth-order valence-corrected chi connectivity index (χ4v) is 4.27. The summed E-state index contributed by atoms with van der Waals surface area (Å²) in [5.74, 6) is 2.23.